The van der Waals surface area contributed by atoms with Crippen LogP contribution in [-0.2, 0) is 16.6 Å². The third-order valence-corrected chi connectivity index (χ3v) is 6.78. The Bertz CT molecular complexity index is 855. The molecular formula is C18H22ClN3O2S. The van der Waals surface area contributed by atoms with Crippen LogP contribution in [0, 0.1) is 0 Å². The molecule has 0 N–H and O–H groups in total. The minimum atomic E-state index is -3.45. The summed E-state index contributed by atoms with van der Waals surface area (Å²) in [7, 11) is -0.324. The highest BCUT2D eigenvalue weighted by molar-refractivity contribution is 7.86. The highest BCUT2D eigenvalue weighted by Crippen LogP contribution is 2.34. The Hall–Kier alpha value is -1.47. The van der Waals surface area contributed by atoms with Crippen LogP contribution < -0.4 is 0 Å². The molecule has 1 saturated heterocycles. The summed E-state index contributed by atoms with van der Waals surface area (Å²) in [5, 5.41) is 0.715. The van der Waals surface area contributed by atoms with E-state index in [1.807, 2.05) is 42.5 Å². The Labute approximate surface area is 154 Å². The first-order valence-electron chi connectivity index (χ1n) is 8.28. The zero-order valence-corrected chi connectivity index (χ0v) is 16.0. The average molecular weight is 380 g/mol. The molecule has 1 aliphatic rings. The Morgan fingerprint density at radius 3 is 2.68 bits per heavy atom. The van der Waals surface area contributed by atoms with Crippen molar-refractivity contribution >= 4 is 21.8 Å². The minimum Gasteiger partial charge on any atom is -0.256 e. The van der Waals surface area contributed by atoms with E-state index in [1.54, 1.807) is 18.4 Å². The van der Waals surface area contributed by atoms with Crippen molar-refractivity contribution in [2.24, 2.45) is 0 Å². The zero-order chi connectivity index (χ0) is 18.0. The summed E-state index contributed by atoms with van der Waals surface area (Å²) in [4.78, 5) is 4.73. The Balaban J connectivity index is 1.87. The number of hydrogen-bond donors (Lipinski definition) is 0. The number of benzene rings is 1. The number of pyridine rings is 1. The van der Waals surface area contributed by atoms with Gasteiger partial charge in [0.1, 0.15) is 0 Å². The molecule has 2 heterocycles. The number of nitrogens with zero attached hydrogens (tertiary/aromatic N) is 3. The van der Waals surface area contributed by atoms with Gasteiger partial charge in [-0.05, 0) is 36.6 Å². The third-order valence-electron chi connectivity index (χ3n) is 4.46. The number of aromatic nitrogens is 1. The lowest BCUT2D eigenvalue weighted by atomic mass is 10.1. The zero-order valence-electron chi connectivity index (χ0n) is 14.4. The fourth-order valence-corrected chi connectivity index (χ4v) is 4.66. The van der Waals surface area contributed by atoms with Gasteiger partial charge in [0.15, 0.2) is 0 Å². The van der Waals surface area contributed by atoms with E-state index in [4.69, 9.17) is 16.6 Å². The highest BCUT2D eigenvalue weighted by atomic mass is 35.5. The number of rotatable bonds is 5. The SMILES string of the molecule is CN(C)S(=O)(=O)N1CCC[C@H]1c1cccc(Cc2ccccc2Cl)n1. The van der Waals surface area contributed by atoms with Crippen LogP contribution in [0.15, 0.2) is 42.5 Å². The van der Waals surface area contributed by atoms with Gasteiger partial charge < -0.3 is 0 Å². The maximum Gasteiger partial charge on any atom is 0.282 e. The van der Waals surface area contributed by atoms with Crippen LogP contribution >= 0.6 is 11.6 Å². The lowest BCUT2D eigenvalue weighted by Crippen LogP contribution is -2.39. The first kappa shape index (κ1) is 18.3. The largest absolute Gasteiger partial charge is 0.282 e. The molecule has 1 aromatic carbocycles. The maximum atomic E-state index is 12.5. The molecule has 0 saturated carbocycles. The molecule has 1 aliphatic heterocycles. The monoisotopic (exact) mass is 379 g/mol. The van der Waals surface area contributed by atoms with E-state index in [1.165, 1.54) is 4.31 Å². The van der Waals surface area contributed by atoms with Gasteiger partial charge in [-0.3, -0.25) is 4.98 Å². The van der Waals surface area contributed by atoms with Crippen molar-refractivity contribution in [1.82, 2.24) is 13.6 Å². The fourth-order valence-electron chi connectivity index (χ4n) is 3.14. The quantitative estimate of drug-likeness (QED) is 0.801. The van der Waals surface area contributed by atoms with E-state index in [9.17, 15) is 8.42 Å². The molecule has 0 unspecified atom stereocenters. The van der Waals surface area contributed by atoms with Crippen LogP contribution in [0.3, 0.4) is 0 Å². The van der Waals surface area contributed by atoms with Crippen molar-refractivity contribution in [3.05, 3.63) is 64.4 Å². The number of hydrogen-bond acceptors (Lipinski definition) is 3. The van der Waals surface area contributed by atoms with Crippen LogP contribution in [0.25, 0.3) is 0 Å². The van der Waals surface area contributed by atoms with Gasteiger partial charge in [0.2, 0.25) is 0 Å². The second-order valence-corrected chi connectivity index (χ2v) is 8.88. The van der Waals surface area contributed by atoms with Gasteiger partial charge in [-0.15, -0.1) is 0 Å². The normalized spacial score (nSPS) is 18.8. The van der Waals surface area contributed by atoms with Gasteiger partial charge in [-0.2, -0.15) is 17.0 Å². The second kappa shape index (κ2) is 7.41. The minimum absolute atomic E-state index is 0.210. The molecule has 3 rings (SSSR count). The Morgan fingerprint density at radius 2 is 1.96 bits per heavy atom. The van der Waals surface area contributed by atoms with Gasteiger partial charge >= 0.3 is 0 Å². The van der Waals surface area contributed by atoms with E-state index in [0.29, 0.717) is 18.0 Å². The van der Waals surface area contributed by atoms with E-state index in [-0.39, 0.29) is 6.04 Å². The Morgan fingerprint density at radius 1 is 1.20 bits per heavy atom. The summed E-state index contributed by atoms with van der Waals surface area (Å²) in [6.07, 6.45) is 2.25. The van der Waals surface area contributed by atoms with Crippen molar-refractivity contribution in [2.75, 3.05) is 20.6 Å². The van der Waals surface area contributed by atoms with Crippen LogP contribution in [0.2, 0.25) is 5.02 Å². The van der Waals surface area contributed by atoms with E-state index >= 15 is 0 Å². The highest BCUT2D eigenvalue weighted by Gasteiger charge is 2.37. The van der Waals surface area contributed by atoms with Crippen molar-refractivity contribution in [1.29, 1.82) is 0 Å². The molecule has 5 nitrogen and oxygen atoms in total. The van der Waals surface area contributed by atoms with Gasteiger partial charge in [-0.25, -0.2) is 0 Å². The number of halogens is 1. The van der Waals surface area contributed by atoms with Crippen LogP contribution in [0.1, 0.15) is 35.8 Å². The third kappa shape index (κ3) is 3.87. The first-order chi connectivity index (χ1) is 11.9. The van der Waals surface area contributed by atoms with Gasteiger partial charge in [0.25, 0.3) is 10.2 Å². The predicted octanol–water partition coefficient (Wildman–Crippen LogP) is 3.27. The van der Waals surface area contributed by atoms with Gasteiger partial charge in [0.05, 0.1) is 11.7 Å². The maximum absolute atomic E-state index is 12.5. The van der Waals surface area contributed by atoms with Crippen LogP contribution in [-0.4, -0.2) is 42.7 Å². The molecule has 134 valence electrons. The summed E-state index contributed by atoms with van der Waals surface area (Å²) in [5.74, 6) is 0. The smallest absolute Gasteiger partial charge is 0.256 e. The molecule has 25 heavy (non-hydrogen) atoms. The van der Waals surface area contributed by atoms with E-state index in [0.717, 1.165) is 29.8 Å². The molecule has 1 atom stereocenters. The van der Waals surface area contributed by atoms with E-state index in [2.05, 4.69) is 0 Å². The van der Waals surface area contributed by atoms with Crippen molar-refractivity contribution in [2.45, 2.75) is 25.3 Å². The molecule has 7 heteroatoms. The summed E-state index contributed by atoms with van der Waals surface area (Å²) in [6.45, 7) is 0.529. The van der Waals surface area contributed by atoms with Crippen molar-refractivity contribution in [3.63, 3.8) is 0 Å². The fraction of sp³-hybridized carbons (Fsp3) is 0.389. The summed E-state index contributed by atoms with van der Waals surface area (Å²) in [6, 6.07) is 13.3. The molecular weight excluding hydrogens is 358 g/mol. The van der Waals surface area contributed by atoms with Crippen molar-refractivity contribution < 1.29 is 8.42 Å². The molecule has 2 aromatic rings. The van der Waals surface area contributed by atoms with Crippen LogP contribution in [0.4, 0.5) is 0 Å². The molecule has 0 bridgehead atoms. The van der Waals surface area contributed by atoms with Crippen LogP contribution in [0.5, 0.6) is 0 Å². The van der Waals surface area contributed by atoms with Gasteiger partial charge in [-0.1, -0.05) is 35.9 Å². The summed E-state index contributed by atoms with van der Waals surface area (Å²) < 4.78 is 27.9. The topological polar surface area (TPSA) is 53.5 Å². The summed E-state index contributed by atoms with van der Waals surface area (Å²) in [5.41, 5.74) is 2.70. The molecule has 1 aromatic heterocycles. The van der Waals surface area contributed by atoms with Crippen molar-refractivity contribution in [3.8, 4) is 0 Å². The molecule has 0 amide bonds. The predicted molar refractivity (Wildman–Crippen MR) is 99.8 cm³/mol. The van der Waals surface area contributed by atoms with Gasteiger partial charge in [0, 0.05) is 37.8 Å². The molecule has 0 aliphatic carbocycles. The molecule has 0 spiro atoms. The lowest BCUT2D eigenvalue weighted by molar-refractivity contribution is 0.357. The standard InChI is InChI=1S/C18H22ClN3O2S/c1-21(2)25(23,24)22-12-6-11-18(22)17-10-5-8-15(20-17)13-14-7-3-4-9-16(14)19/h3-5,7-10,18H,6,11-13H2,1-2H3/t18-/m0/s1. The summed E-state index contributed by atoms with van der Waals surface area (Å²) >= 11 is 6.24. The lowest BCUT2D eigenvalue weighted by Gasteiger charge is -2.26. The van der Waals surface area contributed by atoms with E-state index < -0.39 is 10.2 Å². The molecule has 1 fully saturated rings. The molecule has 0 radical (unpaired) electrons. The Kier molecular flexibility index (Phi) is 5.43. The first-order valence-corrected chi connectivity index (χ1v) is 10.1. The average Bonchev–Trinajstić information content (AvgIpc) is 3.07. The second-order valence-electron chi connectivity index (χ2n) is 6.38.